The van der Waals surface area contributed by atoms with E-state index in [1.807, 2.05) is 4.90 Å². The highest BCUT2D eigenvalue weighted by Crippen LogP contribution is 2.21. The van der Waals surface area contributed by atoms with Crippen molar-refractivity contribution in [1.82, 2.24) is 24.7 Å². The molecule has 2 aromatic heterocycles. The second-order valence-corrected chi connectivity index (χ2v) is 8.64. The number of H-pyrrole nitrogens is 1. The average Bonchev–Trinajstić information content (AvgIpc) is 3.19. The average molecular weight is 440 g/mol. The third kappa shape index (κ3) is 6.11. The van der Waals surface area contributed by atoms with Crippen molar-refractivity contribution in [1.29, 1.82) is 10.2 Å². The lowest BCUT2D eigenvalue weighted by Gasteiger charge is -2.33. The molecule has 2 aromatic rings. The lowest BCUT2D eigenvalue weighted by Crippen LogP contribution is -2.47. The number of ether oxygens (including phenoxy) is 1. The summed E-state index contributed by atoms with van der Waals surface area (Å²) in [5.41, 5.74) is 0.353. The van der Waals surface area contributed by atoms with E-state index in [0.29, 0.717) is 42.7 Å². The van der Waals surface area contributed by atoms with Gasteiger partial charge in [-0.2, -0.15) is 0 Å². The number of rotatable bonds is 8. The Morgan fingerprint density at radius 3 is 3.03 bits per heavy atom. The first-order chi connectivity index (χ1) is 14.2. The predicted molar refractivity (Wildman–Crippen MR) is 109 cm³/mol. The van der Waals surface area contributed by atoms with Crippen LogP contribution < -0.4 is 9.62 Å². The molecular formula is C17H22F2N8O2S. The molecule has 1 aliphatic heterocycles. The summed E-state index contributed by atoms with van der Waals surface area (Å²) in [6.45, 7) is 1.87. The van der Waals surface area contributed by atoms with Gasteiger partial charge in [-0.1, -0.05) is 0 Å². The standard InChI is InChI=1S/C17H22F2N8O2S/c1-30(21,28)25-7-11-9-27(4-5-29-11)16-6-13(23-10-24-16)14-8-22-15(26-14)3-2-12(20)17(18)19/h2-3,6,8,10-11,17,20H,4-5,7,9H2,1H3,(H,22,26)(H2,21,25,28)/b3-2-,20-12?/t11-,30?/m1/s1. The highest BCUT2D eigenvalue weighted by Gasteiger charge is 2.22. The molecule has 0 radical (unpaired) electrons. The van der Waals surface area contributed by atoms with E-state index in [0.717, 1.165) is 6.08 Å². The number of imidazole rings is 1. The Morgan fingerprint density at radius 1 is 1.50 bits per heavy atom. The van der Waals surface area contributed by atoms with Gasteiger partial charge in [0.25, 0.3) is 6.43 Å². The Labute approximate surface area is 172 Å². The maximum atomic E-state index is 12.4. The van der Waals surface area contributed by atoms with E-state index < -0.39 is 22.1 Å². The van der Waals surface area contributed by atoms with Gasteiger partial charge in [0.1, 0.15) is 27.9 Å². The van der Waals surface area contributed by atoms with Crippen LogP contribution in [0.1, 0.15) is 5.82 Å². The van der Waals surface area contributed by atoms with Crippen molar-refractivity contribution >= 4 is 27.5 Å². The number of nitrogens with zero attached hydrogens (tertiary/aromatic N) is 4. The van der Waals surface area contributed by atoms with Gasteiger partial charge in [0.15, 0.2) is 0 Å². The number of nitrogens with one attached hydrogen (secondary N) is 4. The lowest BCUT2D eigenvalue weighted by atomic mass is 10.2. The molecule has 30 heavy (non-hydrogen) atoms. The molecule has 0 spiro atoms. The molecule has 1 aliphatic rings. The summed E-state index contributed by atoms with van der Waals surface area (Å²) in [7, 11) is -2.81. The smallest absolute Gasteiger partial charge is 0.279 e. The second kappa shape index (κ2) is 9.36. The van der Waals surface area contributed by atoms with Gasteiger partial charge in [-0.05, 0) is 12.2 Å². The molecule has 1 fully saturated rings. The topological polar surface area (TPSA) is 144 Å². The Balaban J connectivity index is 1.70. The van der Waals surface area contributed by atoms with Crippen LogP contribution >= 0.6 is 0 Å². The SMILES string of the molecule is CS(=N)(=O)NC[C@@H]1CN(c2cc(-c3cnc(/C=C\C(=N)C(F)F)[nH]3)ncn2)CCO1. The number of aromatic amines is 1. The number of hydrogen-bond donors (Lipinski definition) is 4. The summed E-state index contributed by atoms with van der Waals surface area (Å²) in [5.74, 6) is 0.995. The highest BCUT2D eigenvalue weighted by atomic mass is 32.2. The third-order valence-electron chi connectivity index (χ3n) is 4.23. The number of aromatic nitrogens is 4. The Morgan fingerprint density at radius 2 is 2.30 bits per heavy atom. The molecule has 13 heteroatoms. The van der Waals surface area contributed by atoms with E-state index in [9.17, 15) is 13.0 Å². The van der Waals surface area contributed by atoms with Crippen LogP contribution in [0.5, 0.6) is 0 Å². The van der Waals surface area contributed by atoms with Crippen LogP contribution in [-0.4, -0.2) is 74.9 Å². The summed E-state index contributed by atoms with van der Waals surface area (Å²) < 4.78 is 52.0. The zero-order valence-electron chi connectivity index (χ0n) is 16.1. The largest absolute Gasteiger partial charge is 0.373 e. The van der Waals surface area contributed by atoms with Crippen LogP contribution in [-0.2, 0) is 14.7 Å². The van der Waals surface area contributed by atoms with Crippen molar-refractivity contribution in [2.24, 2.45) is 0 Å². The number of alkyl halides is 2. The maximum Gasteiger partial charge on any atom is 0.279 e. The summed E-state index contributed by atoms with van der Waals surface area (Å²) in [6, 6.07) is 1.77. The van der Waals surface area contributed by atoms with Gasteiger partial charge in [-0.25, -0.2) is 37.4 Å². The van der Waals surface area contributed by atoms with Crippen molar-refractivity contribution in [3.05, 3.63) is 30.5 Å². The number of allylic oxidation sites excluding steroid dienone is 1. The van der Waals surface area contributed by atoms with E-state index in [4.69, 9.17) is 14.9 Å². The molecular weight excluding hydrogens is 418 g/mol. The Kier molecular flexibility index (Phi) is 6.84. The fourth-order valence-electron chi connectivity index (χ4n) is 2.76. The minimum atomic E-state index is -2.84. The first kappa shape index (κ1) is 21.9. The fraction of sp³-hybridized carbons (Fsp3) is 0.412. The number of halogens is 2. The Bertz CT molecular complexity index is 1020. The number of anilines is 1. The molecule has 1 unspecified atom stereocenters. The van der Waals surface area contributed by atoms with Gasteiger partial charge in [-0.15, -0.1) is 0 Å². The second-order valence-electron chi connectivity index (χ2n) is 6.66. The van der Waals surface area contributed by atoms with Crippen LogP contribution in [0.3, 0.4) is 0 Å². The molecule has 0 aliphatic carbocycles. The minimum Gasteiger partial charge on any atom is -0.373 e. The minimum absolute atomic E-state index is 0.239. The van der Waals surface area contributed by atoms with Crippen LogP contribution in [0.15, 0.2) is 24.7 Å². The van der Waals surface area contributed by atoms with E-state index in [2.05, 4.69) is 24.7 Å². The first-order valence-corrected chi connectivity index (χ1v) is 10.9. The summed E-state index contributed by atoms with van der Waals surface area (Å²) in [6.07, 6.45) is 3.47. The third-order valence-corrected chi connectivity index (χ3v) is 4.95. The van der Waals surface area contributed by atoms with E-state index in [1.165, 1.54) is 24.9 Å². The summed E-state index contributed by atoms with van der Waals surface area (Å²) >= 11 is 0. The molecule has 2 atom stereocenters. The predicted octanol–water partition coefficient (Wildman–Crippen LogP) is 1.55. The molecule has 3 rings (SSSR count). The van der Waals surface area contributed by atoms with Crippen molar-refractivity contribution in [2.75, 3.05) is 37.4 Å². The highest BCUT2D eigenvalue weighted by molar-refractivity contribution is 7.89. The van der Waals surface area contributed by atoms with Gasteiger partial charge in [0.05, 0.1) is 36.0 Å². The quantitative estimate of drug-likeness (QED) is 0.459. The van der Waals surface area contributed by atoms with Gasteiger partial charge in [0, 0.05) is 32.0 Å². The van der Waals surface area contributed by atoms with Crippen molar-refractivity contribution in [3.8, 4) is 11.4 Å². The molecule has 0 aromatic carbocycles. The molecule has 1 saturated heterocycles. The maximum absolute atomic E-state index is 12.4. The molecule has 3 heterocycles. The van der Waals surface area contributed by atoms with Crippen LogP contribution in [0.2, 0.25) is 0 Å². The number of hydrogen-bond acceptors (Lipinski definition) is 8. The fourth-order valence-corrected chi connectivity index (χ4v) is 3.27. The summed E-state index contributed by atoms with van der Waals surface area (Å²) in [4.78, 5) is 17.6. The van der Waals surface area contributed by atoms with Crippen LogP contribution in [0, 0.1) is 10.2 Å². The molecule has 0 saturated carbocycles. The van der Waals surface area contributed by atoms with Gasteiger partial charge < -0.3 is 14.6 Å². The molecule has 0 amide bonds. The normalized spacial score (nSPS) is 19.3. The Hall–Kier alpha value is -2.77. The molecule has 10 nitrogen and oxygen atoms in total. The van der Waals surface area contributed by atoms with E-state index in [1.54, 1.807) is 6.07 Å². The van der Waals surface area contributed by atoms with Crippen LogP contribution in [0.4, 0.5) is 14.6 Å². The lowest BCUT2D eigenvalue weighted by molar-refractivity contribution is 0.0441. The molecule has 4 N–H and O–H groups in total. The van der Waals surface area contributed by atoms with Crippen molar-refractivity contribution in [3.63, 3.8) is 0 Å². The van der Waals surface area contributed by atoms with E-state index in [-0.39, 0.29) is 12.6 Å². The van der Waals surface area contributed by atoms with Crippen LogP contribution in [0.25, 0.3) is 17.5 Å². The molecule has 0 bridgehead atoms. The zero-order chi connectivity index (χ0) is 21.7. The first-order valence-electron chi connectivity index (χ1n) is 8.98. The van der Waals surface area contributed by atoms with Crippen molar-refractivity contribution in [2.45, 2.75) is 12.5 Å². The monoisotopic (exact) mass is 440 g/mol. The van der Waals surface area contributed by atoms with E-state index >= 15 is 0 Å². The van der Waals surface area contributed by atoms with Gasteiger partial charge in [0.2, 0.25) is 0 Å². The van der Waals surface area contributed by atoms with Gasteiger partial charge in [-0.3, -0.25) is 5.41 Å². The van der Waals surface area contributed by atoms with Crippen molar-refractivity contribution < 1.29 is 17.7 Å². The number of morpholine rings is 1. The summed E-state index contributed by atoms with van der Waals surface area (Å²) in [5, 5.41) is 7.14. The zero-order valence-corrected chi connectivity index (χ0v) is 17.0. The molecule has 162 valence electrons. The van der Waals surface area contributed by atoms with Gasteiger partial charge >= 0.3 is 0 Å².